The summed E-state index contributed by atoms with van der Waals surface area (Å²) in [6.45, 7) is 0. The molecular formula is C9H7ClN2O. The van der Waals surface area contributed by atoms with Crippen LogP contribution in [0.1, 0.15) is 5.56 Å². The normalized spacial score (nSPS) is 14.1. The molecule has 1 aliphatic heterocycles. The third-order valence-corrected chi connectivity index (χ3v) is 2.14. The predicted octanol–water partition coefficient (Wildman–Crippen LogP) is 1.84. The summed E-state index contributed by atoms with van der Waals surface area (Å²) in [6.07, 6.45) is 3.09. The van der Waals surface area contributed by atoms with Gasteiger partial charge in [-0.2, -0.15) is 5.10 Å². The van der Waals surface area contributed by atoms with Crippen molar-refractivity contribution in [3.8, 4) is 0 Å². The van der Waals surface area contributed by atoms with Crippen LogP contribution in [0.2, 0.25) is 5.02 Å². The highest BCUT2D eigenvalue weighted by Crippen LogP contribution is 2.26. The van der Waals surface area contributed by atoms with Gasteiger partial charge in [0, 0.05) is 17.7 Å². The van der Waals surface area contributed by atoms with Crippen molar-refractivity contribution >= 4 is 29.9 Å². The Morgan fingerprint density at radius 2 is 2.38 bits per heavy atom. The third kappa shape index (κ3) is 1.42. The molecule has 1 aromatic carbocycles. The minimum Gasteiger partial charge on any atom is -0.276 e. The summed E-state index contributed by atoms with van der Waals surface area (Å²) in [6, 6.07) is 5.39. The summed E-state index contributed by atoms with van der Waals surface area (Å²) >= 11 is 5.82. The summed E-state index contributed by atoms with van der Waals surface area (Å²) in [7, 11) is 0. The van der Waals surface area contributed by atoms with Gasteiger partial charge in [-0.1, -0.05) is 11.6 Å². The summed E-state index contributed by atoms with van der Waals surface area (Å²) in [4.78, 5) is 10.6. The third-order valence-electron chi connectivity index (χ3n) is 1.91. The molecule has 1 aliphatic rings. The van der Waals surface area contributed by atoms with E-state index in [1.54, 1.807) is 18.3 Å². The number of amides is 1. The van der Waals surface area contributed by atoms with Gasteiger partial charge < -0.3 is 0 Å². The Labute approximate surface area is 80.6 Å². The smallest absolute Gasteiger partial charge is 0.234 e. The van der Waals surface area contributed by atoms with Crippen LogP contribution < -0.4 is 5.01 Å². The zero-order valence-corrected chi connectivity index (χ0v) is 7.53. The number of benzene rings is 1. The number of fused-ring (bicyclic) bond motifs is 1. The number of anilines is 1. The molecule has 1 aromatic rings. The number of hydrogen-bond acceptors (Lipinski definition) is 2. The largest absolute Gasteiger partial charge is 0.276 e. The van der Waals surface area contributed by atoms with Gasteiger partial charge in [-0.3, -0.25) is 4.79 Å². The van der Waals surface area contributed by atoms with Crippen molar-refractivity contribution in [1.29, 1.82) is 0 Å². The Kier molecular flexibility index (Phi) is 2.02. The van der Waals surface area contributed by atoms with Gasteiger partial charge in [0.1, 0.15) is 0 Å². The summed E-state index contributed by atoms with van der Waals surface area (Å²) in [5.74, 6) is 0. The maximum atomic E-state index is 10.6. The van der Waals surface area contributed by atoms with Crippen molar-refractivity contribution in [2.45, 2.75) is 6.42 Å². The van der Waals surface area contributed by atoms with Crippen LogP contribution in [-0.2, 0) is 11.2 Å². The number of halogens is 1. The Balaban J connectivity index is 2.50. The minimum atomic E-state index is 0.680. The van der Waals surface area contributed by atoms with Crippen molar-refractivity contribution in [2.75, 3.05) is 5.01 Å². The van der Waals surface area contributed by atoms with Gasteiger partial charge in [0.25, 0.3) is 0 Å². The van der Waals surface area contributed by atoms with Crippen molar-refractivity contribution in [2.24, 2.45) is 5.10 Å². The molecule has 4 heteroatoms. The van der Waals surface area contributed by atoms with E-state index < -0.39 is 0 Å². The average Bonchev–Trinajstić information content (AvgIpc) is 2.16. The SMILES string of the molecule is O=CN1N=CCc2cc(Cl)ccc21. The summed E-state index contributed by atoms with van der Waals surface area (Å²) in [5.41, 5.74) is 1.83. The first kappa shape index (κ1) is 8.26. The molecular weight excluding hydrogens is 188 g/mol. The molecule has 0 saturated heterocycles. The lowest BCUT2D eigenvalue weighted by Crippen LogP contribution is -2.19. The Morgan fingerprint density at radius 1 is 1.54 bits per heavy atom. The minimum absolute atomic E-state index is 0.680. The molecule has 0 aliphatic carbocycles. The summed E-state index contributed by atoms with van der Waals surface area (Å²) in [5, 5.41) is 5.90. The number of hydrogen-bond donors (Lipinski definition) is 0. The van der Waals surface area contributed by atoms with Crippen molar-refractivity contribution in [3.05, 3.63) is 28.8 Å². The van der Waals surface area contributed by atoms with Crippen LogP contribution in [0, 0.1) is 0 Å². The molecule has 0 bridgehead atoms. The first-order valence-electron chi connectivity index (χ1n) is 3.86. The molecule has 2 rings (SSSR count). The number of rotatable bonds is 1. The molecule has 3 nitrogen and oxygen atoms in total. The first-order chi connectivity index (χ1) is 6.31. The Morgan fingerprint density at radius 3 is 3.15 bits per heavy atom. The van der Waals surface area contributed by atoms with Crippen molar-refractivity contribution in [3.63, 3.8) is 0 Å². The van der Waals surface area contributed by atoms with Gasteiger partial charge in [-0.15, -0.1) is 0 Å². The zero-order valence-electron chi connectivity index (χ0n) is 6.77. The second-order valence-corrected chi connectivity index (χ2v) is 3.16. The molecule has 0 spiro atoms. The Hall–Kier alpha value is -1.35. The molecule has 0 aromatic heterocycles. The van der Waals surface area contributed by atoms with Crippen molar-refractivity contribution < 1.29 is 4.79 Å². The van der Waals surface area contributed by atoms with Crippen LogP contribution in [0.3, 0.4) is 0 Å². The molecule has 1 amide bonds. The molecule has 0 radical (unpaired) electrons. The molecule has 0 saturated carbocycles. The van der Waals surface area contributed by atoms with E-state index in [1.165, 1.54) is 5.01 Å². The fraction of sp³-hybridized carbons (Fsp3) is 0.111. The van der Waals surface area contributed by atoms with Crippen LogP contribution in [0.4, 0.5) is 5.69 Å². The van der Waals surface area contributed by atoms with E-state index in [0.717, 1.165) is 17.7 Å². The van der Waals surface area contributed by atoms with Crippen LogP contribution in [0.25, 0.3) is 0 Å². The van der Waals surface area contributed by atoms with Crippen LogP contribution in [0.15, 0.2) is 23.3 Å². The van der Waals surface area contributed by atoms with Crippen LogP contribution >= 0.6 is 11.6 Å². The van der Waals surface area contributed by atoms with E-state index >= 15 is 0 Å². The van der Waals surface area contributed by atoms with E-state index in [2.05, 4.69) is 5.10 Å². The van der Waals surface area contributed by atoms with E-state index in [-0.39, 0.29) is 0 Å². The number of carbonyl (C=O) groups is 1. The number of hydrazone groups is 1. The molecule has 1 heterocycles. The second kappa shape index (κ2) is 3.18. The van der Waals surface area contributed by atoms with Gasteiger partial charge in [0.15, 0.2) is 0 Å². The highest BCUT2D eigenvalue weighted by Gasteiger charge is 2.12. The number of carbonyl (C=O) groups excluding carboxylic acids is 1. The average molecular weight is 195 g/mol. The van der Waals surface area contributed by atoms with Gasteiger partial charge in [-0.05, 0) is 23.8 Å². The molecule has 0 atom stereocenters. The lowest BCUT2D eigenvalue weighted by atomic mass is 10.1. The maximum absolute atomic E-state index is 10.6. The topological polar surface area (TPSA) is 32.7 Å². The molecule has 66 valence electrons. The molecule has 0 fully saturated rings. The molecule has 0 unspecified atom stereocenters. The van der Waals surface area contributed by atoms with Gasteiger partial charge in [0.2, 0.25) is 6.41 Å². The fourth-order valence-electron chi connectivity index (χ4n) is 1.31. The zero-order chi connectivity index (χ0) is 9.26. The fourth-order valence-corrected chi connectivity index (χ4v) is 1.51. The van der Waals surface area contributed by atoms with Gasteiger partial charge >= 0.3 is 0 Å². The van der Waals surface area contributed by atoms with Crippen LogP contribution in [0.5, 0.6) is 0 Å². The lowest BCUT2D eigenvalue weighted by Gasteiger charge is -2.18. The van der Waals surface area contributed by atoms with E-state index in [1.807, 2.05) is 6.07 Å². The van der Waals surface area contributed by atoms with Crippen molar-refractivity contribution in [1.82, 2.24) is 0 Å². The van der Waals surface area contributed by atoms with Gasteiger partial charge in [-0.25, -0.2) is 5.01 Å². The summed E-state index contributed by atoms with van der Waals surface area (Å²) < 4.78 is 0. The van der Waals surface area contributed by atoms with Gasteiger partial charge in [0.05, 0.1) is 5.69 Å². The van der Waals surface area contributed by atoms with E-state index in [4.69, 9.17) is 11.6 Å². The highest BCUT2D eigenvalue weighted by atomic mass is 35.5. The quantitative estimate of drug-likeness (QED) is 0.628. The predicted molar refractivity (Wildman–Crippen MR) is 52.2 cm³/mol. The standard InChI is InChI=1S/C9H7ClN2O/c10-8-1-2-9-7(5-8)3-4-11-12(9)6-13/h1-2,4-6H,3H2. The highest BCUT2D eigenvalue weighted by molar-refractivity contribution is 6.30. The van der Waals surface area contributed by atoms with E-state index in [0.29, 0.717) is 11.4 Å². The molecule has 13 heavy (non-hydrogen) atoms. The van der Waals surface area contributed by atoms with E-state index in [9.17, 15) is 4.79 Å². The monoisotopic (exact) mass is 194 g/mol. The Bertz CT molecular complexity index is 376. The molecule has 0 N–H and O–H groups in total. The number of nitrogens with zero attached hydrogens (tertiary/aromatic N) is 2. The second-order valence-electron chi connectivity index (χ2n) is 2.73. The lowest BCUT2D eigenvalue weighted by molar-refractivity contribution is -0.107. The maximum Gasteiger partial charge on any atom is 0.234 e. The van der Waals surface area contributed by atoms with Crippen LogP contribution in [-0.4, -0.2) is 12.6 Å². The first-order valence-corrected chi connectivity index (χ1v) is 4.24.